The molecule has 4 nitrogen and oxygen atoms in total. The quantitative estimate of drug-likeness (QED) is 0.612. The first-order valence-corrected chi connectivity index (χ1v) is 11.3. The van der Waals surface area contributed by atoms with E-state index < -0.39 is 0 Å². The van der Waals surface area contributed by atoms with Crippen LogP contribution in [-0.4, -0.2) is 27.6 Å². The molecule has 0 atom stereocenters. The highest BCUT2D eigenvalue weighted by Gasteiger charge is 2.18. The molecule has 0 aliphatic heterocycles. The molecule has 0 amide bonds. The number of thiocarbonyl (C=S) groups is 1. The van der Waals surface area contributed by atoms with Gasteiger partial charge >= 0.3 is 0 Å². The summed E-state index contributed by atoms with van der Waals surface area (Å²) in [5, 5.41) is 4.50. The van der Waals surface area contributed by atoms with Gasteiger partial charge in [0.15, 0.2) is 5.11 Å². The van der Waals surface area contributed by atoms with E-state index in [1.165, 1.54) is 44.9 Å². The Hall–Kier alpha value is -2.14. The first kappa shape index (κ1) is 21.6. The number of pyridine rings is 1. The summed E-state index contributed by atoms with van der Waals surface area (Å²) in [7, 11) is 0. The van der Waals surface area contributed by atoms with Crippen LogP contribution in [0.1, 0.15) is 63.0 Å². The van der Waals surface area contributed by atoms with Gasteiger partial charge in [-0.25, -0.2) is 0 Å². The average Bonchev–Trinajstić information content (AvgIpc) is 2.71. The third-order valence-corrected chi connectivity index (χ3v) is 5.83. The van der Waals surface area contributed by atoms with Crippen molar-refractivity contribution < 1.29 is 4.74 Å². The topological polar surface area (TPSA) is 37.4 Å². The maximum absolute atomic E-state index is 5.89. The Labute approximate surface area is 180 Å². The van der Waals surface area contributed by atoms with E-state index in [1.54, 1.807) is 0 Å². The molecule has 1 aromatic heterocycles. The van der Waals surface area contributed by atoms with Crippen molar-refractivity contribution in [3.63, 3.8) is 0 Å². The number of para-hydroxylation sites is 1. The van der Waals surface area contributed by atoms with Gasteiger partial charge in [-0.15, -0.1) is 0 Å². The standard InChI is InChI=1S/C24H33N3OS/c1-2-28-23-15-9-8-12-21(23)19-27(18-20-11-10-16-25-17-20)24(29)26-22-13-6-4-3-5-7-14-22/h8-12,15-17,22H,2-7,13-14,18-19H2,1H3,(H,26,29). The van der Waals surface area contributed by atoms with E-state index in [1.807, 2.05) is 37.5 Å². The zero-order valence-electron chi connectivity index (χ0n) is 17.5. The first-order chi connectivity index (χ1) is 14.3. The molecule has 2 aromatic rings. The van der Waals surface area contributed by atoms with Crippen LogP contribution in [-0.2, 0) is 13.1 Å². The number of hydrogen-bond donors (Lipinski definition) is 1. The van der Waals surface area contributed by atoms with Gasteiger partial charge < -0.3 is 15.0 Å². The maximum Gasteiger partial charge on any atom is 0.169 e. The zero-order valence-corrected chi connectivity index (χ0v) is 18.3. The van der Waals surface area contributed by atoms with Crippen molar-refractivity contribution in [1.29, 1.82) is 0 Å². The Kier molecular flexibility index (Phi) is 8.75. The Balaban J connectivity index is 1.74. The molecule has 1 saturated carbocycles. The van der Waals surface area contributed by atoms with Gasteiger partial charge in [0.1, 0.15) is 5.75 Å². The van der Waals surface area contributed by atoms with Gasteiger partial charge in [0, 0.05) is 37.1 Å². The van der Waals surface area contributed by atoms with Crippen molar-refractivity contribution >= 4 is 17.3 Å². The SMILES string of the molecule is CCOc1ccccc1CN(Cc1cccnc1)C(=S)NC1CCCCCCC1. The monoisotopic (exact) mass is 411 g/mol. The van der Waals surface area contributed by atoms with Crippen molar-refractivity contribution in [3.05, 3.63) is 59.9 Å². The van der Waals surface area contributed by atoms with Crippen molar-refractivity contribution in [2.75, 3.05) is 6.61 Å². The van der Waals surface area contributed by atoms with Crippen LogP contribution in [0.15, 0.2) is 48.8 Å². The molecule has 0 spiro atoms. The zero-order chi connectivity index (χ0) is 20.3. The number of nitrogens with one attached hydrogen (secondary N) is 1. The van der Waals surface area contributed by atoms with Crippen LogP contribution in [0, 0.1) is 0 Å². The number of hydrogen-bond acceptors (Lipinski definition) is 3. The minimum atomic E-state index is 0.473. The van der Waals surface area contributed by atoms with Gasteiger partial charge in [-0.1, -0.05) is 56.4 Å². The lowest BCUT2D eigenvalue weighted by Crippen LogP contribution is -2.44. The van der Waals surface area contributed by atoms with Crippen LogP contribution in [0.4, 0.5) is 0 Å². The number of nitrogens with zero attached hydrogens (tertiary/aromatic N) is 2. The first-order valence-electron chi connectivity index (χ1n) is 10.9. The molecular formula is C24H33N3OS. The molecule has 0 saturated heterocycles. The van der Waals surface area contributed by atoms with E-state index in [0.29, 0.717) is 19.2 Å². The molecule has 156 valence electrons. The molecule has 1 N–H and O–H groups in total. The van der Waals surface area contributed by atoms with E-state index >= 15 is 0 Å². The van der Waals surface area contributed by atoms with E-state index in [0.717, 1.165) is 28.5 Å². The number of aromatic nitrogens is 1. The lowest BCUT2D eigenvalue weighted by atomic mass is 9.97. The van der Waals surface area contributed by atoms with Crippen LogP contribution in [0.5, 0.6) is 5.75 Å². The van der Waals surface area contributed by atoms with E-state index in [-0.39, 0.29) is 0 Å². The lowest BCUT2D eigenvalue weighted by Gasteiger charge is -2.30. The summed E-state index contributed by atoms with van der Waals surface area (Å²) in [6.07, 6.45) is 12.8. The smallest absolute Gasteiger partial charge is 0.169 e. The summed E-state index contributed by atoms with van der Waals surface area (Å²) < 4.78 is 5.85. The molecule has 1 aliphatic rings. The molecule has 29 heavy (non-hydrogen) atoms. The molecule has 0 radical (unpaired) electrons. The molecule has 3 rings (SSSR count). The Morgan fingerprint density at radius 3 is 2.55 bits per heavy atom. The molecule has 5 heteroatoms. The van der Waals surface area contributed by atoms with Gasteiger partial charge in [-0.05, 0) is 49.7 Å². The number of ether oxygens (including phenoxy) is 1. The van der Waals surface area contributed by atoms with E-state index in [4.69, 9.17) is 17.0 Å². The fraction of sp³-hybridized carbons (Fsp3) is 0.500. The number of benzene rings is 1. The molecule has 1 heterocycles. The molecule has 1 fully saturated rings. The summed E-state index contributed by atoms with van der Waals surface area (Å²) in [4.78, 5) is 6.51. The predicted molar refractivity (Wildman–Crippen MR) is 123 cm³/mol. The largest absolute Gasteiger partial charge is 0.494 e. The maximum atomic E-state index is 5.89. The van der Waals surface area contributed by atoms with Crippen molar-refractivity contribution in [2.24, 2.45) is 0 Å². The molecular weight excluding hydrogens is 378 g/mol. The van der Waals surface area contributed by atoms with E-state index in [2.05, 4.69) is 33.4 Å². The summed E-state index contributed by atoms with van der Waals surface area (Å²) in [6.45, 7) is 4.12. The summed E-state index contributed by atoms with van der Waals surface area (Å²) in [6, 6.07) is 12.8. The number of rotatable bonds is 7. The lowest BCUT2D eigenvalue weighted by molar-refractivity contribution is 0.323. The Morgan fingerprint density at radius 1 is 1.07 bits per heavy atom. The fourth-order valence-electron chi connectivity index (χ4n) is 3.91. The minimum absolute atomic E-state index is 0.473. The summed E-state index contributed by atoms with van der Waals surface area (Å²) >= 11 is 5.89. The van der Waals surface area contributed by atoms with Crippen molar-refractivity contribution in [3.8, 4) is 5.75 Å². The van der Waals surface area contributed by atoms with Crippen LogP contribution >= 0.6 is 12.2 Å². The second-order valence-electron chi connectivity index (χ2n) is 7.75. The molecule has 1 aromatic carbocycles. The summed E-state index contributed by atoms with van der Waals surface area (Å²) in [5.41, 5.74) is 2.31. The third-order valence-electron chi connectivity index (χ3n) is 5.45. The van der Waals surface area contributed by atoms with Gasteiger partial charge in [0.25, 0.3) is 0 Å². The van der Waals surface area contributed by atoms with Gasteiger partial charge in [0.2, 0.25) is 0 Å². The summed E-state index contributed by atoms with van der Waals surface area (Å²) in [5.74, 6) is 0.931. The highest BCUT2D eigenvalue weighted by Crippen LogP contribution is 2.22. The van der Waals surface area contributed by atoms with E-state index in [9.17, 15) is 0 Å². The van der Waals surface area contributed by atoms with Gasteiger partial charge in [-0.3, -0.25) is 4.98 Å². The molecule has 0 bridgehead atoms. The second kappa shape index (κ2) is 11.8. The minimum Gasteiger partial charge on any atom is -0.494 e. The van der Waals surface area contributed by atoms with Gasteiger partial charge in [-0.2, -0.15) is 0 Å². The predicted octanol–water partition coefficient (Wildman–Crippen LogP) is 5.47. The van der Waals surface area contributed by atoms with Crippen LogP contribution < -0.4 is 10.1 Å². The van der Waals surface area contributed by atoms with Gasteiger partial charge in [0.05, 0.1) is 6.61 Å². The van der Waals surface area contributed by atoms with Crippen LogP contribution in [0.3, 0.4) is 0 Å². The Bertz CT molecular complexity index is 745. The molecule has 1 aliphatic carbocycles. The fourth-order valence-corrected chi connectivity index (χ4v) is 4.21. The van der Waals surface area contributed by atoms with Crippen molar-refractivity contribution in [2.45, 2.75) is 71.0 Å². The Morgan fingerprint density at radius 2 is 1.83 bits per heavy atom. The highest BCUT2D eigenvalue weighted by molar-refractivity contribution is 7.80. The normalized spacial score (nSPS) is 15.2. The van der Waals surface area contributed by atoms with Crippen molar-refractivity contribution in [1.82, 2.24) is 15.2 Å². The third kappa shape index (κ3) is 7.00. The second-order valence-corrected chi connectivity index (χ2v) is 8.14. The average molecular weight is 412 g/mol. The van der Waals surface area contributed by atoms with Crippen LogP contribution in [0.25, 0.3) is 0 Å². The highest BCUT2D eigenvalue weighted by atomic mass is 32.1. The molecule has 0 unspecified atom stereocenters. The van der Waals surface area contributed by atoms with Crippen LogP contribution in [0.2, 0.25) is 0 Å².